The number of amides is 1. The highest BCUT2D eigenvalue weighted by molar-refractivity contribution is 6.03. The van der Waals surface area contributed by atoms with Gasteiger partial charge in [0.05, 0.1) is 13.2 Å². The molecular weight excluding hydrogens is 404 g/mol. The molecule has 4 rings (SSSR count). The monoisotopic (exact) mass is 438 g/mol. The van der Waals surface area contributed by atoms with Gasteiger partial charge in [0.1, 0.15) is 5.69 Å². The van der Waals surface area contributed by atoms with Gasteiger partial charge in [0.25, 0.3) is 0 Å². The zero-order valence-electron chi connectivity index (χ0n) is 19.3. The summed E-state index contributed by atoms with van der Waals surface area (Å²) in [5.41, 5.74) is 9.01. The zero-order chi connectivity index (χ0) is 22.7. The first-order valence-electron chi connectivity index (χ1n) is 11.6. The van der Waals surface area contributed by atoms with Crippen LogP contribution in [0, 0.1) is 0 Å². The summed E-state index contributed by atoms with van der Waals surface area (Å²) in [7, 11) is 0. The molecule has 2 aromatic rings. The fourth-order valence-electron chi connectivity index (χ4n) is 4.54. The summed E-state index contributed by atoms with van der Waals surface area (Å²) in [6.07, 6.45) is 4.45. The normalized spacial score (nSPS) is 20.8. The van der Waals surface area contributed by atoms with Crippen LogP contribution in [0.15, 0.2) is 24.3 Å². The first-order valence-corrected chi connectivity index (χ1v) is 11.6. The van der Waals surface area contributed by atoms with Gasteiger partial charge in [-0.05, 0) is 44.2 Å². The van der Waals surface area contributed by atoms with Crippen molar-refractivity contribution in [1.29, 1.82) is 0 Å². The molecule has 2 atom stereocenters. The van der Waals surface area contributed by atoms with Crippen LogP contribution < -0.4 is 20.7 Å². The quantitative estimate of drug-likeness (QED) is 0.608. The van der Waals surface area contributed by atoms with Crippen LogP contribution in [-0.2, 0) is 17.9 Å². The predicted molar refractivity (Wildman–Crippen MR) is 127 cm³/mol. The van der Waals surface area contributed by atoms with Gasteiger partial charge >= 0.3 is 6.01 Å². The molecule has 0 saturated carbocycles. The Hall–Kier alpha value is -2.87. The maximum atomic E-state index is 12.3. The molecule has 0 spiro atoms. The van der Waals surface area contributed by atoms with Gasteiger partial charge in [-0.3, -0.25) is 9.69 Å². The van der Waals surface area contributed by atoms with Crippen molar-refractivity contribution in [3.63, 3.8) is 0 Å². The minimum absolute atomic E-state index is 0.122. The number of hydrogen-bond acceptors (Lipinski definition) is 7. The molecule has 32 heavy (non-hydrogen) atoms. The first kappa shape index (κ1) is 22.3. The standard InChI is InChI=1S/C24H34N6O2/c1-4-5-11-32-24-27-22(25)21-23(28-24)29(15-20(31)26-21)13-18-7-6-8-19(12-18)14-30-16(2)9-10-17(30)3/h6-8,12,16-17H,4-5,9-11,13-15H2,1-3H3,(H,26,31)(H2,25,27,28). The third-order valence-electron chi connectivity index (χ3n) is 6.39. The van der Waals surface area contributed by atoms with E-state index < -0.39 is 0 Å². The van der Waals surface area contributed by atoms with Crippen LogP contribution >= 0.6 is 0 Å². The number of rotatable bonds is 8. The maximum absolute atomic E-state index is 12.3. The molecule has 1 saturated heterocycles. The number of fused-ring (bicyclic) bond motifs is 1. The van der Waals surface area contributed by atoms with Crippen LogP contribution in [-0.4, -0.2) is 46.0 Å². The third-order valence-corrected chi connectivity index (χ3v) is 6.39. The molecule has 2 unspecified atom stereocenters. The van der Waals surface area contributed by atoms with Crippen molar-refractivity contribution in [3.8, 4) is 6.01 Å². The van der Waals surface area contributed by atoms with Crippen molar-refractivity contribution >= 4 is 23.2 Å². The second kappa shape index (κ2) is 9.73. The van der Waals surface area contributed by atoms with Gasteiger partial charge in [0.2, 0.25) is 5.91 Å². The summed E-state index contributed by atoms with van der Waals surface area (Å²) in [4.78, 5) is 25.6. The molecule has 1 fully saturated rings. The van der Waals surface area contributed by atoms with Crippen LogP contribution in [0.2, 0.25) is 0 Å². The number of carbonyl (C=O) groups excluding carboxylic acids is 1. The fraction of sp³-hybridized carbons (Fsp3) is 0.542. The molecule has 0 bridgehead atoms. The number of ether oxygens (including phenoxy) is 1. The number of benzene rings is 1. The Labute approximate surface area is 190 Å². The molecule has 8 heteroatoms. The Morgan fingerprint density at radius 2 is 1.88 bits per heavy atom. The van der Waals surface area contributed by atoms with Crippen LogP contribution in [0.5, 0.6) is 6.01 Å². The van der Waals surface area contributed by atoms with E-state index >= 15 is 0 Å². The van der Waals surface area contributed by atoms with Crippen LogP contribution in [0.3, 0.4) is 0 Å². The molecule has 3 heterocycles. The highest BCUT2D eigenvalue weighted by atomic mass is 16.5. The summed E-state index contributed by atoms with van der Waals surface area (Å²) in [5.74, 6) is 0.712. The van der Waals surface area contributed by atoms with Crippen molar-refractivity contribution in [2.24, 2.45) is 0 Å². The minimum Gasteiger partial charge on any atom is -0.463 e. The van der Waals surface area contributed by atoms with Crippen molar-refractivity contribution in [2.75, 3.05) is 29.1 Å². The Morgan fingerprint density at radius 3 is 2.59 bits per heavy atom. The van der Waals surface area contributed by atoms with Crippen LogP contribution in [0.1, 0.15) is 57.6 Å². The van der Waals surface area contributed by atoms with Gasteiger partial charge < -0.3 is 20.7 Å². The van der Waals surface area contributed by atoms with Gasteiger partial charge in [-0.25, -0.2) is 0 Å². The van der Waals surface area contributed by atoms with Gasteiger partial charge in [-0.2, -0.15) is 9.97 Å². The maximum Gasteiger partial charge on any atom is 0.320 e. The van der Waals surface area contributed by atoms with E-state index in [1.807, 2.05) is 4.90 Å². The van der Waals surface area contributed by atoms with E-state index in [1.165, 1.54) is 18.4 Å². The highest BCUT2D eigenvalue weighted by Gasteiger charge is 2.29. The van der Waals surface area contributed by atoms with E-state index in [0.717, 1.165) is 24.9 Å². The Kier molecular flexibility index (Phi) is 6.79. The fourth-order valence-corrected chi connectivity index (χ4v) is 4.54. The molecule has 2 aliphatic heterocycles. The Balaban J connectivity index is 1.54. The van der Waals surface area contributed by atoms with Crippen molar-refractivity contribution in [2.45, 2.75) is 71.6 Å². The molecule has 1 amide bonds. The summed E-state index contributed by atoms with van der Waals surface area (Å²) in [6.45, 7) is 8.96. The number of nitrogen functional groups attached to an aromatic ring is 1. The number of nitrogens with one attached hydrogen (secondary N) is 1. The van der Waals surface area contributed by atoms with Gasteiger partial charge in [-0.15, -0.1) is 0 Å². The van der Waals surface area contributed by atoms with Crippen molar-refractivity contribution in [3.05, 3.63) is 35.4 Å². The molecule has 8 nitrogen and oxygen atoms in total. The van der Waals surface area contributed by atoms with Gasteiger partial charge in [0.15, 0.2) is 11.6 Å². The summed E-state index contributed by atoms with van der Waals surface area (Å²) >= 11 is 0. The molecule has 1 aromatic heterocycles. The average molecular weight is 439 g/mol. The molecule has 3 N–H and O–H groups in total. The SMILES string of the molecule is CCCCOc1nc(N)c2c(n1)N(Cc1cccc(CN3C(C)CCC3C)c1)CC(=O)N2. The molecular formula is C24H34N6O2. The highest BCUT2D eigenvalue weighted by Crippen LogP contribution is 2.34. The van der Waals surface area contributed by atoms with E-state index in [0.29, 0.717) is 36.7 Å². The minimum atomic E-state index is -0.122. The molecule has 0 radical (unpaired) electrons. The number of unbranched alkanes of at least 4 members (excludes halogenated alkanes) is 1. The lowest BCUT2D eigenvalue weighted by molar-refractivity contribution is -0.115. The smallest absolute Gasteiger partial charge is 0.320 e. The molecule has 2 aliphatic rings. The number of likely N-dealkylation sites (tertiary alicyclic amines) is 1. The van der Waals surface area contributed by atoms with E-state index in [9.17, 15) is 4.79 Å². The zero-order valence-corrected chi connectivity index (χ0v) is 19.3. The molecule has 172 valence electrons. The molecule has 0 aliphatic carbocycles. The summed E-state index contributed by atoms with van der Waals surface area (Å²) < 4.78 is 5.69. The lowest BCUT2D eigenvalue weighted by Crippen LogP contribution is -2.39. The van der Waals surface area contributed by atoms with E-state index in [1.54, 1.807) is 0 Å². The van der Waals surface area contributed by atoms with E-state index in [4.69, 9.17) is 10.5 Å². The number of carbonyl (C=O) groups is 1. The number of anilines is 3. The number of nitrogens with zero attached hydrogens (tertiary/aromatic N) is 4. The summed E-state index contributed by atoms with van der Waals surface area (Å²) in [5, 5.41) is 2.81. The topological polar surface area (TPSA) is 96.6 Å². The van der Waals surface area contributed by atoms with Gasteiger partial charge in [0, 0.05) is 25.2 Å². The van der Waals surface area contributed by atoms with E-state index in [2.05, 4.69) is 65.2 Å². The Bertz CT molecular complexity index is 956. The average Bonchev–Trinajstić information content (AvgIpc) is 3.07. The number of nitrogens with two attached hydrogens (primary N) is 1. The summed E-state index contributed by atoms with van der Waals surface area (Å²) in [6, 6.07) is 10.1. The molecule has 1 aromatic carbocycles. The van der Waals surface area contributed by atoms with Gasteiger partial charge in [-0.1, -0.05) is 37.6 Å². The lowest BCUT2D eigenvalue weighted by Gasteiger charge is -2.30. The first-order chi connectivity index (χ1) is 15.4. The second-order valence-corrected chi connectivity index (χ2v) is 8.96. The van der Waals surface area contributed by atoms with Crippen molar-refractivity contribution in [1.82, 2.24) is 14.9 Å². The predicted octanol–water partition coefficient (Wildman–Crippen LogP) is 3.57. The lowest BCUT2D eigenvalue weighted by atomic mass is 10.1. The van der Waals surface area contributed by atoms with Crippen molar-refractivity contribution < 1.29 is 9.53 Å². The van der Waals surface area contributed by atoms with Crippen LogP contribution in [0.25, 0.3) is 0 Å². The third kappa shape index (κ3) is 4.96. The van der Waals surface area contributed by atoms with E-state index in [-0.39, 0.29) is 24.3 Å². The largest absolute Gasteiger partial charge is 0.463 e. The Morgan fingerprint density at radius 1 is 1.16 bits per heavy atom. The number of aromatic nitrogens is 2. The van der Waals surface area contributed by atoms with Crippen LogP contribution in [0.4, 0.5) is 17.3 Å². The second-order valence-electron chi connectivity index (χ2n) is 8.96. The number of hydrogen-bond donors (Lipinski definition) is 2.